The van der Waals surface area contributed by atoms with Gasteiger partial charge in [-0.1, -0.05) is 42.5 Å². The fourth-order valence-corrected chi connectivity index (χ4v) is 6.16. The molecule has 0 unspecified atom stereocenters. The first-order valence-electron chi connectivity index (χ1n) is 14.7. The van der Waals surface area contributed by atoms with Crippen molar-refractivity contribution < 1.29 is 30.0 Å². The third-order valence-corrected chi connectivity index (χ3v) is 8.67. The zero-order chi connectivity index (χ0) is 32.2. The molecule has 1 heterocycles. The Morgan fingerprint density at radius 2 is 1.13 bits per heavy atom. The van der Waals surface area contributed by atoms with Crippen LogP contribution >= 0.6 is 0 Å². The van der Waals surface area contributed by atoms with Gasteiger partial charge in [0.2, 0.25) is 0 Å². The summed E-state index contributed by atoms with van der Waals surface area (Å²) in [6.07, 6.45) is 0.0743. The fourth-order valence-electron chi connectivity index (χ4n) is 6.16. The molecule has 6 rings (SSSR count). The topological polar surface area (TPSA) is 131 Å². The Bertz CT molecular complexity index is 2190. The molecule has 5 aromatic carbocycles. The van der Waals surface area contributed by atoms with E-state index < -0.39 is 0 Å². The molecule has 0 fully saturated rings. The van der Waals surface area contributed by atoms with Gasteiger partial charge in [-0.05, 0) is 96.6 Å². The van der Waals surface area contributed by atoms with E-state index >= 15 is 0 Å². The van der Waals surface area contributed by atoms with Gasteiger partial charge >= 0.3 is 0 Å². The lowest BCUT2D eigenvalue weighted by Gasteiger charge is -2.16. The Morgan fingerprint density at radius 1 is 0.600 bits per heavy atom. The first-order valence-corrected chi connectivity index (χ1v) is 14.7. The van der Waals surface area contributed by atoms with E-state index in [4.69, 9.17) is 0 Å². The molecule has 5 N–H and O–H groups in total. The molecule has 0 aliphatic heterocycles. The minimum absolute atomic E-state index is 0.0296. The third kappa shape index (κ3) is 5.16. The first kappa shape index (κ1) is 29.5. The maximum Gasteiger partial charge on any atom is 0.163 e. The first-order chi connectivity index (χ1) is 21.4. The molecular formula is C38H33NO6. The van der Waals surface area contributed by atoms with Crippen LogP contribution in [0.4, 0.5) is 0 Å². The summed E-state index contributed by atoms with van der Waals surface area (Å²) in [5, 5.41) is 47.4. The van der Waals surface area contributed by atoms with E-state index in [9.17, 15) is 30.0 Å². The van der Waals surface area contributed by atoms with E-state index in [1.165, 1.54) is 26.0 Å². The number of fused-ring (bicyclic) bond motifs is 2. The number of phenolic OH excluding ortho intramolecular Hbond substituents is 4. The van der Waals surface area contributed by atoms with Crippen LogP contribution in [-0.2, 0) is 12.8 Å². The van der Waals surface area contributed by atoms with Crippen LogP contribution in [0.3, 0.4) is 0 Å². The van der Waals surface area contributed by atoms with Gasteiger partial charge in [0.25, 0.3) is 0 Å². The van der Waals surface area contributed by atoms with Gasteiger partial charge in [0.05, 0.1) is 11.1 Å². The second-order valence-corrected chi connectivity index (χ2v) is 11.7. The summed E-state index contributed by atoms with van der Waals surface area (Å²) < 4.78 is 0. The van der Waals surface area contributed by atoms with Gasteiger partial charge in [0, 0.05) is 40.6 Å². The number of Topliss-reactive ketones (excluding diaryl/α,β-unsaturated/α-hetero) is 2. The molecule has 0 saturated heterocycles. The summed E-state index contributed by atoms with van der Waals surface area (Å²) in [7, 11) is 0. The van der Waals surface area contributed by atoms with Gasteiger partial charge in [0.1, 0.15) is 23.0 Å². The van der Waals surface area contributed by atoms with Crippen LogP contribution < -0.4 is 0 Å². The number of nitrogens with one attached hydrogen (secondary N) is 1. The minimum Gasteiger partial charge on any atom is -0.507 e. The Morgan fingerprint density at radius 3 is 1.73 bits per heavy atom. The lowest BCUT2D eigenvalue weighted by atomic mass is 9.91. The zero-order valence-electron chi connectivity index (χ0n) is 25.4. The molecule has 226 valence electrons. The number of carbonyl (C=O) groups excluding carboxylic acids is 2. The van der Waals surface area contributed by atoms with E-state index in [0.717, 1.165) is 32.8 Å². The van der Waals surface area contributed by atoms with E-state index in [-0.39, 0.29) is 69.7 Å². The maximum absolute atomic E-state index is 12.4. The van der Waals surface area contributed by atoms with Crippen LogP contribution in [0, 0.1) is 13.8 Å². The molecule has 0 aliphatic rings. The van der Waals surface area contributed by atoms with E-state index in [1.807, 2.05) is 30.3 Å². The van der Waals surface area contributed by atoms with Crippen molar-refractivity contribution >= 4 is 33.2 Å². The molecule has 0 spiro atoms. The molecule has 45 heavy (non-hydrogen) atoms. The highest BCUT2D eigenvalue weighted by molar-refractivity contribution is 5.99. The molecule has 0 aliphatic carbocycles. The molecule has 7 nitrogen and oxygen atoms in total. The number of ketones is 2. The molecule has 0 saturated carbocycles. The smallest absolute Gasteiger partial charge is 0.163 e. The van der Waals surface area contributed by atoms with Gasteiger partial charge in [0.15, 0.2) is 11.6 Å². The Hall–Kier alpha value is -5.56. The summed E-state index contributed by atoms with van der Waals surface area (Å²) in [6, 6.07) is 23.3. The van der Waals surface area contributed by atoms with Crippen LogP contribution in [-0.4, -0.2) is 37.0 Å². The highest BCUT2D eigenvalue weighted by Gasteiger charge is 2.24. The molecule has 0 amide bonds. The number of H-pyrrole nitrogens is 1. The number of hydrogen-bond donors (Lipinski definition) is 5. The Balaban J connectivity index is 1.58. The quantitative estimate of drug-likeness (QED) is 0.118. The Kier molecular flexibility index (Phi) is 7.33. The molecule has 0 radical (unpaired) electrons. The summed E-state index contributed by atoms with van der Waals surface area (Å²) in [4.78, 5) is 28.1. The van der Waals surface area contributed by atoms with Crippen molar-refractivity contribution in [2.24, 2.45) is 0 Å². The molecule has 1 aromatic heterocycles. The fraction of sp³-hybridized carbons (Fsp3) is 0.158. The van der Waals surface area contributed by atoms with Gasteiger partial charge in [-0.15, -0.1) is 0 Å². The number of hydrogen-bond acceptors (Lipinski definition) is 6. The second kappa shape index (κ2) is 11.2. The SMILES string of the molecule is CC(=O)c1cc(C)c(O)c(Cc2[nH]c3ccc(-c4ccc5ccccc5c4)cc3c2Cc2c(O)c(C)cc(C(C)=O)c2O)c1O. The van der Waals surface area contributed by atoms with Crippen LogP contribution in [0.2, 0.25) is 0 Å². The van der Waals surface area contributed by atoms with Crippen molar-refractivity contribution in [1.82, 2.24) is 4.98 Å². The predicted molar refractivity (Wildman–Crippen MR) is 176 cm³/mol. The van der Waals surface area contributed by atoms with Gasteiger partial charge in [-0.25, -0.2) is 0 Å². The lowest BCUT2D eigenvalue weighted by Crippen LogP contribution is -2.03. The average molecular weight is 600 g/mol. The van der Waals surface area contributed by atoms with E-state index in [1.54, 1.807) is 13.8 Å². The van der Waals surface area contributed by atoms with E-state index in [2.05, 4.69) is 35.3 Å². The third-order valence-electron chi connectivity index (χ3n) is 8.67. The summed E-state index contributed by atoms with van der Waals surface area (Å²) >= 11 is 0. The molecular weight excluding hydrogens is 566 g/mol. The molecule has 7 heteroatoms. The van der Waals surface area contributed by atoms with Crippen LogP contribution in [0.1, 0.15) is 68.1 Å². The number of benzene rings is 5. The van der Waals surface area contributed by atoms with Crippen molar-refractivity contribution in [3.8, 4) is 34.1 Å². The monoisotopic (exact) mass is 599 g/mol. The number of aromatic amines is 1. The van der Waals surface area contributed by atoms with Crippen LogP contribution in [0.25, 0.3) is 32.8 Å². The molecule has 0 atom stereocenters. The van der Waals surface area contributed by atoms with Gasteiger partial charge in [-0.3, -0.25) is 9.59 Å². The highest BCUT2D eigenvalue weighted by atomic mass is 16.3. The summed E-state index contributed by atoms with van der Waals surface area (Å²) in [5.41, 5.74) is 5.52. The largest absolute Gasteiger partial charge is 0.507 e. The van der Waals surface area contributed by atoms with Crippen molar-refractivity contribution in [2.75, 3.05) is 0 Å². The Labute approximate surface area is 260 Å². The highest BCUT2D eigenvalue weighted by Crippen LogP contribution is 2.41. The number of phenols is 4. The van der Waals surface area contributed by atoms with Crippen LogP contribution in [0.15, 0.2) is 72.8 Å². The lowest BCUT2D eigenvalue weighted by molar-refractivity contribution is 0.100. The second-order valence-electron chi connectivity index (χ2n) is 11.7. The standard InChI is InChI=1S/C38H33NO6/c1-19-13-27(21(3)40)37(44)31(35(19)42)17-30-29-16-26(25-10-9-23-7-5-6-8-24(23)15-25)11-12-33(29)39-34(30)18-32-36(43)20(2)14-28(22(4)41)38(32)45/h5-16,39,42-45H,17-18H2,1-4H3. The average Bonchev–Trinajstić information content (AvgIpc) is 3.36. The number of aromatic nitrogens is 1. The number of aryl methyl sites for hydroxylation is 2. The van der Waals surface area contributed by atoms with Crippen LogP contribution in [0.5, 0.6) is 23.0 Å². The molecule has 0 bridgehead atoms. The van der Waals surface area contributed by atoms with E-state index in [0.29, 0.717) is 22.4 Å². The summed E-state index contributed by atoms with van der Waals surface area (Å²) in [6.45, 7) is 6.05. The normalized spacial score (nSPS) is 11.4. The van der Waals surface area contributed by atoms with Crippen molar-refractivity contribution in [2.45, 2.75) is 40.5 Å². The number of carbonyl (C=O) groups is 2. The van der Waals surface area contributed by atoms with Crippen molar-refractivity contribution in [3.05, 3.63) is 117 Å². The molecule has 6 aromatic rings. The summed E-state index contributed by atoms with van der Waals surface area (Å²) in [5.74, 6) is -1.51. The predicted octanol–water partition coefficient (Wildman–Crippen LogP) is 8.01. The zero-order valence-corrected chi connectivity index (χ0v) is 25.4. The van der Waals surface area contributed by atoms with Gasteiger partial charge in [-0.2, -0.15) is 0 Å². The maximum atomic E-state index is 12.4. The number of rotatable bonds is 7. The van der Waals surface area contributed by atoms with Crippen molar-refractivity contribution in [1.29, 1.82) is 0 Å². The van der Waals surface area contributed by atoms with Gasteiger partial charge < -0.3 is 25.4 Å². The van der Waals surface area contributed by atoms with Crippen molar-refractivity contribution in [3.63, 3.8) is 0 Å². The minimum atomic E-state index is -0.333. The number of aromatic hydroxyl groups is 4.